The van der Waals surface area contributed by atoms with Crippen LogP contribution in [0.1, 0.15) is 58.4 Å². The SMILES string of the molecule is COC(=O)c1ccc(NC23CCC2C2(CCC2)Nc2ccc(C(=O)OC)cc23)cc1. The van der Waals surface area contributed by atoms with E-state index in [0.29, 0.717) is 17.0 Å². The minimum Gasteiger partial charge on any atom is -0.465 e. The zero-order valence-corrected chi connectivity index (χ0v) is 17.3. The van der Waals surface area contributed by atoms with Crippen molar-refractivity contribution in [3.8, 4) is 0 Å². The normalized spacial score (nSPS) is 24.9. The molecule has 2 aliphatic carbocycles. The van der Waals surface area contributed by atoms with Crippen molar-refractivity contribution in [1.82, 2.24) is 0 Å². The average Bonchev–Trinajstić information content (AvgIpc) is 2.74. The highest BCUT2D eigenvalue weighted by atomic mass is 16.5. The lowest BCUT2D eigenvalue weighted by Crippen LogP contribution is -2.68. The molecule has 0 aromatic heterocycles. The molecule has 5 rings (SSSR count). The molecular weight excluding hydrogens is 380 g/mol. The fourth-order valence-electron chi connectivity index (χ4n) is 5.58. The summed E-state index contributed by atoms with van der Waals surface area (Å²) < 4.78 is 9.76. The first-order valence-corrected chi connectivity index (χ1v) is 10.5. The van der Waals surface area contributed by atoms with E-state index in [1.807, 2.05) is 30.3 Å². The lowest BCUT2D eigenvalue weighted by molar-refractivity contribution is 0.0196. The minimum absolute atomic E-state index is 0.122. The molecule has 0 saturated heterocycles. The van der Waals surface area contributed by atoms with Gasteiger partial charge >= 0.3 is 11.9 Å². The molecule has 0 bridgehead atoms. The fourth-order valence-corrected chi connectivity index (χ4v) is 5.58. The summed E-state index contributed by atoms with van der Waals surface area (Å²) in [6.07, 6.45) is 5.71. The zero-order valence-electron chi connectivity index (χ0n) is 17.3. The van der Waals surface area contributed by atoms with E-state index in [4.69, 9.17) is 9.47 Å². The van der Waals surface area contributed by atoms with Gasteiger partial charge in [-0.15, -0.1) is 0 Å². The van der Waals surface area contributed by atoms with Gasteiger partial charge in [-0.05, 0) is 74.6 Å². The summed E-state index contributed by atoms with van der Waals surface area (Å²) in [5, 5.41) is 7.61. The van der Waals surface area contributed by atoms with Gasteiger partial charge in [-0.2, -0.15) is 0 Å². The Morgan fingerprint density at radius 3 is 2.20 bits per heavy atom. The molecule has 1 aliphatic heterocycles. The zero-order chi connectivity index (χ0) is 20.9. The second kappa shape index (κ2) is 6.76. The van der Waals surface area contributed by atoms with Crippen LogP contribution in [0, 0.1) is 5.92 Å². The molecule has 2 atom stereocenters. The number of methoxy groups -OCH3 is 2. The Bertz CT molecular complexity index is 1010. The summed E-state index contributed by atoms with van der Waals surface area (Å²) in [4.78, 5) is 24.0. The molecule has 2 saturated carbocycles. The topological polar surface area (TPSA) is 76.7 Å². The Morgan fingerprint density at radius 2 is 1.63 bits per heavy atom. The van der Waals surface area contributed by atoms with Crippen molar-refractivity contribution in [2.45, 2.75) is 43.2 Å². The number of ether oxygens (including phenoxy) is 2. The van der Waals surface area contributed by atoms with E-state index in [1.165, 1.54) is 33.5 Å². The van der Waals surface area contributed by atoms with Crippen LogP contribution in [-0.2, 0) is 15.0 Å². The van der Waals surface area contributed by atoms with Crippen LogP contribution in [0.2, 0.25) is 0 Å². The van der Waals surface area contributed by atoms with Crippen molar-refractivity contribution < 1.29 is 19.1 Å². The summed E-state index contributed by atoms with van der Waals surface area (Å²) in [5.41, 5.74) is 4.15. The third-order valence-corrected chi connectivity index (χ3v) is 7.31. The van der Waals surface area contributed by atoms with Crippen molar-refractivity contribution in [3.05, 3.63) is 59.2 Å². The van der Waals surface area contributed by atoms with Crippen LogP contribution in [0.4, 0.5) is 11.4 Å². The molecule has 30 heavy (non-hydrogen) atoms. The summed E-state index contributed by atoms with van der Waals surface area (Å²) in [5.74, 6) is -0.223. The van der Waals surface area contributed by atoms with Gasteiger partial charge in [-0.1, -0.05) is 0 Å². The number of hydrogen-bond donors (Lipinski definition) is 2. The first kappa shape index (κ1) is 19.0. The highest BCUT2D eigenvalue weighted by molar-refractivity contribution is 5.91. The number of carbonyl (C=O) groups excluding carboxylic acids is 2. The van der Waals surface area contributed by atoms with Gasteiger partial charge in [0, 0.05) is 28.4 Å². The number of rotatable bonds is 4. The summed E-state index contributed by atoms with van der Waals surface area (Å²) in [6, 6.07) is 13.2. The van der Waals surface area contributed by atoms with Crippen LogP contribution in [0.3, 0.4) is 0 Å². The molecule has 2 N–H and O–H groups in total. The van der Waals surface area contributed by atoms with E-state index in [0.717, 1.165) is 29.8 Å². The van der Waals surface area contributed by atoms with Crippen molar-refractivity contribution in [3.63, 3.8) is 0 Å². The van der Waals surface area contributed by atoms with E-state index >= 15 is 0 Å². The summed E-state index contributed by atoms with van der Waals surface area (Å²) in [7, 11) is 2.79. The van der Waals surface area contributed by atoms with E-state index in [-0.39, 0.29) is 23.0 Å². The van der Waals surface area contributed by atoms with E-state index in [1.54, 1.807) is 12.1 Å². The number of esters is 2. The molecule has 156 valence electrons. The summed E-state index contributed by atoms with van der Waals surface area (Å²) in [6.45, 7) is 0. The first-order chi connectivity index (χ1) is 14.5. The molecule has 2 fully saturated rings. The fraction of sp³-hybridized carbons (Fsp3) is 0.417. The number of fused-ring (bicyclic) bond motifs is 4. The Labute approximate surface area is 176 Å². The standard InChI is InChI=1S/C24H26N2O4/c1-29-21(27)15-4-7-17(8-5-15)25-24-13-10-20(24)23(11-3-12-23)26-19-9-6-16(14-18(19)24)22(28)30-2/h4-9,14,20,25-26H,3,10-13H2,1-2H3. The van der Waals surface area contributed by atoms with Gasteiger partial charge in [-0.3, -0.25) is 0 Å². The highest BCUT2D eigenvalue weighted by Gasteiger charge is 2.63. The average molecular weight is 406 g/mol. The lowest BCUT2D eigenvalue weighted by Gasteiger charge is -2.66. The number of benzene rings is 2. The van der Waals surface area contributed by atoms with Gasteiger partial charge in [-0.25, -0.2) is 9.59 Å². The molecule has 1 heterocycles. The largest absolute Gasteiger partial charge is 0.465 e. The molecule has 0 radical (unpaired) electrons. The monoisotopic (exact) mass is 406 g/mol. The third kappa shape index (κ3) is 2.62. The first-order valence-electron chi connectivity index (χ1n) is 10.5. The Hall–Kier alpha value is -3.02. The molecule has 2 aromatic rings. The maximum absolute atomic E-state index is 12.2. The molecule has 6 nitrogen and oxygen atoms in total. The maximum Gasteiger partial charge on any atom is 0.337 e. The van der Waals surface area contributed by atoms with Gasteiger partial charge < -0.3 is 20.1 Å². The van der Waals surface area contributed by atoms with Crippen molar-refractivity contribution in [2.24, 2.45) is 5.92 Å². The molecule has 0 amide bonds. The van der Waals surface area contributed by atoms with Crippen LogP contribution in [0.5, 0.6) is 0 Å². The number of carbonyl (C=O) groups is 2. The highest BCUT2D eigenvalue weighted by Crippen LogP contribution is 2.63. The van der Waals surface area contributed by atoms with Crippen LogP contribution in [-0.4, -0.2) is 31.7 Å². The quantitative estimate of drug-likeness (QED) is 0.736. The molecule has 3 aliphatic rings. The van der Waals surface area contributed by atoms with Crippen LogP contribution < -0.4 is 10.6 Å². The van der Waals surface area contributed by atoms with E-state index in [2.05, 4.69) is 10.6 Å². The number of hydrogen-bond acceptors (Lipinski definition) is 6. The molecule has 6 heteroatoms. The maximum atomic E-state index is 12.2. The minimum atomic E-state index is -0.343. The predicted octanol–water partition coefficient (Wildman–Crippen LogP) is 4.33. The van der Waals surface area contributed by atoms with Gasteiger partial charge in [0.15, 0.2) is 0 Å². The van der Waals surface area contributed by atoms with Gasteiger partial charge in [0.2, 0.25) is 0 Å². The Kier molecular flexibility index (Phi) is 4.27. The van der Waals surface area contributed by atoms with Gasteiger partial charge in [0.1, 0.15) is 0 Å². The summed E-state index contributed by atoms with van der Waals surface area (Å²) >= 11 is 0. The molecule has 2 aromatic carbocycles. The molecule has 1 spiro atoms. The molecule has 2 unspecified atom stereocenters. The van der Waals surface area contributed by atoms with Crippen molar-refractivity contribution in [2.75, 3.05) is 24.9 Å². The molecular formula is C24H26N2O4. The van der Waals surface area contributed by atoms with Crippen molar-refractivity contribution >= 4 is 23.3 Å². The lowest BCUT2D eigenvalue weighted by atomic mass is 9.48. The second-order valence-corrected chi connectivity index (χ2v) is 8.64. The predicted molar refractivity (Wildman–Crippen MR) is 114 cm³/mol. The van der Waals surface area contributed by atoms with Crippen molar-refractivity contribution in [1.29, 1.82) is 0 Å². The van der Waals surface area contributed by atoms with E-state index < -0.39 is 0 Å². The Balaban J connectivity index is 1.55. The Morgan fingerprint density at radius 1 is 0.967 bits per heavy atom. The van der Waals surface area contributed by atoms with E-state index in [9.17, 15) is 9.59 Å². The number of nitrogens with one attached hydrogen (secondary N) is 2. The smallest absolute Gasteiger partial charge is 0.337 e. The van der Waals surface area contributed by atoms with Gasteiger partial charge in [0.05, 0.1) is 30.9 Å². The second-order valence-electron chi connectivity index (χ2n) is 8.64. The van der Waals surface area contributed by atoms with Crippen LogP contribution in [0.25, 0.3) is 0 Å². The van der Waals surface area contributed by atoms with Gasteiger partial charge in [0.25, 0.3) is 0 Å². The number of anilines is 2. The van der Waals surface area contributed by atoms with Crippen LogP contribution in [0.15, 0.2) is 42.5 Å². The van der Waals surface area contributed by atoms with Crippen LogP contribution >= 0.6 is 0 Å². The third-order valence-electron chi connectivity index (χ3n) is 7.31.